The topological polar surface area (TPSA) is 146 Å². The number of ether oxygens (including phenoxy) is 4. The van der Waals surface area contributed by atoms with E-state index in [0.717, 1.165) is 32.5 Å². The Morgan fingerprint density at radius 2 is 1.42 bits per heavy atom. The summed E-state index contributed by atoms with van der Waals surface area (Å²) in [6.45, 7) is 4.37. The van der Waals surface area contributed by atoms with Crippen molar-refractivity contribution in [1.29, 1.82) is 0 Å². The number of carbonyl (C=O) groups excluding carboxylic acids is 5. The highest BCUT2D eigenvalue weighted by Gasteiger charge is 2.67. The molecule has 3 rings (SSSR count). The highest BCUT2D eigenvalue weighted by Crippen LogP contribution is 2.49. The van der Waals surface area contributed by atoms with Crippen LogP contribution in [0, 0.1) is 0 Å². The third-order valence-electron chi connectivity index (χ3n) is 5.55. The van der Waals surface area contributed by atoms with E-state index in [1.165, 1.54) is 0 Å². The van der Waals surface area contributed by atoms with Gasteiger partial charge in [0, 0.05) is 20.8 Å². The second-order valence-electron chi connectivity index (χ2n) is 8.10. The average Bonchev–Trinajstić information content (AvgIpc) is 3.09. The number of thioether (sulfide) groups is 1. The van der Waals surface area contributed by atoms with Crippen LogP contribution in [0.1, 0.15) is 48.4 Å². The summed E-state index contributed by atoms with van der Waals surface area (Å²) in [5.41, 5.74) is -5.19. The van der Waals surface area contributed by atoms with Crippen molar-refractivity contribution in [1.82, 2.24) is 4.90 Å². The molecule has 0 bridgehead atoms. The number of imide groups is 1. The molecule has 0 saturated carbocycles. The Kier molecular flexibility index (Phi) is 9.50. The Morgan fingerprint density at radius 3 is 1.84 bits per heavy atom. The Balaban J connectivity index is 2.25. The van der Waals surface area contributed by atoms with Gasteiger partial charge < -0.3 is 24.1 Å². The predicted octanol–water partition coefficient (Wildman–Crippen LogP) is 3.49. The number of nitrogens with zero attached hydrogens (tertiary/aromatic N) is 1. The second kappa shape index (κ2) is 11.7. The maximum absolute atomic E-state index is 13.7. The number of aliphatic hydroxyl groups is 1. The Bertz CT molecular complexity index is 1170. The molecule has 0 aromatic heterocycles. The molecule has 1 aromatic carbocycles. The van der Waals surface area contributed by atoms with Crippen LogP contribution in [0.15, 0.2) is 0 Å². The number of amides is 2. The van der Waals surface area contributed by atoms with Gasteiger partial charge in [-0.05, 0) is 5.75 Å². The summed E-state index contributed by atoms with van der Waals surface area (Å²) in [6.07, 6.45) is -4.83. The zero-order chi connectivity index (χ0) is 28.7. The lowest BCUT2D eigenvalue weighted by atomic mass is 9.92. The van der Waals surface area contributed by atoms with E-state index in [9.17, 15) is 29.1 Å². The quantitative estimate of drug-likeness (QED) is 0.155. The van der Waals surface area contributed by atoms with Crippen molar-refractivity contribution in [2.24, 2.45) is 0 Å². The minimum Gasteiger partial charge on any atom is -0.463 e. The van der Waals surface area contributed by atoms with E-state index in [4.69, 9.17) is 65.4 Å². The number of rotatable bonds is 7. The first-order chi connectivity index (χ1) is 17.7. The minimum atomic E-state index is -2.79. The molecule has 16 heteroatoms. The van der Waals surface area contributed by atoms with Crippen LogP contribution < -0.4 is 0 Å². The zero-order valence-corrected chi connectivity index (χ0v) is 24.1. The van der Waals surface area contributed by atoms with Gasteiger partial charge in [0.25, 0.3) is 11.8 Å². The molecule has 208 valence electrons. The van der Waals surface area contributed by atoms with E-state index >= 15 is 0 Å². The first-order valence-electron chi connectivity index (χ1n) is 10.9. The van der Waals surface area contributed by atoms with Crippen LogP contribution in [-0.2, 0) is 33.3 Å². The Labute approximate surface area is 240 Å². The van der Waals surface area contributed by atoms with Gasteiger partial charge in [0.1, 0.15) is 12.7 Å². The van der Waals surface area contributed by atoms with Crippen molar-refractivity contribution in [3.8, 4) is 0 Å². The maximum Gasteiger partial charge on any atom is 0.303 e. The third-order valence-corrected chi connectivity index (χ3v) is 8.45. The summed E-state index contributed by atoms with van der Waals surface area (Å²) in [5, 5.41) is 10.8. The van der Waals surface area contributed by atoms with Gasteiger partial charge in [-0.25, -0.2) is 4.90 Å². The van der Waals surface area contributed by atoms with Gasteiger partial charge in [-0.3, -0.25) is 24.0 Å². The monoisotopic (exact) mass is 631 g/mol. The van der Waals surface area contributed by atoms with E-state index < -0.39 is 87.0 Å². The lowest BCUT2D eigenvalue weighted by Crippen LogP contribution is -2.74. The van der Waals surface area contributed by atoms with Crippen molar-refractivity contribution in [2.75, 3.05) is 12.4 Å². The molecular weight excluding hydrogens is 612 g/mol. The summed E-state index contributed by atoms with van der Waals surface area (Å²) in [4.78, 5) is 63.4. The lowest BCUT2D eigenvalue weighted by molar-refractivity contribution is -0.289. The standard InChI is InChI=1S/C22H21Cl4NO10S/c1-5-38-21-22(33,27-19(31)11-12(20(27)32)14(24)16(26)15(25)13(11)23)18(36-9(4)30)17(35-8(3)29)10(37-21)6-34-7(2)28/h10,17-18,21,33H,5-6H2,1-4H3/t10-,17-,18+,21+,22-/m1/s1. The van der Waals surface area contributed by atoms with E-state index in [1.807, 2.05) is 0 Å². The second-order valence-corrected chi connectivity index (χ2v) is 11.0. The highest BCUT2D eigenvalue weighted by molar-refractivity contribution is 7.99. The van der Waals surface area contributed by atoms with E-state index in [0.29, 0.717) is 4.90 Å². The van der Waals surface area contributed by atoms with Crippen molar-refractivity contribution in [2.45, 2.75) is 57.2 Å². The van der Waals surface area contributed by atoms with Crippen molar-refractivity contribution < 1.29 is 48.0 Å². The molecular formula is C22H21Cl4NO10S. The third kappa shape index (κ3) is 5.32. The summed E-state index contributed by atoms with van der Waals surface area (Å²) in [7, 11) is 0. The summed E-state index contributed by atoms with van der Waals surface area (Å²) < 4.78 is 21.7. The first kappa shape index (κ1) is 30.7. The largest absolute Gasteiger partial charge is 0.463 e. The van der Waals surface area contributed by atoms with Crippen LogP contribution in [0.5, 0.6) is 0 Å². The van der Waals surface area contributed by atoms with Crippen molar-refractivity contribution in [3.63, 3.8) is 0 Å². The molecule has 11 nitrogen and oxygen atoms in total. The van der Waals surface area contributed by atoms with Gasteiger partial charge in [0.2, 0.25) is 5.72 Å². The first-order valence-corrected chi connectivity index (χ1v) is 13.5. The van der Waals surface area contributed by atoms with Gasteiger partial charge >= 0.3 is 17.9 Å². The van der Waals surface area contributed by atoms with Crippen LogP contribution >= 0.6 is 58.2 Å². The van der Waals surface area contributed by atoms with Gasteiger partial charge in [-0.1, -0.05) is 53.3 Å². The molecule has 0 spiro atoms. The summed E-state index contributed by atoms with van der Waals surface area (Å²) in [6, 6.07) is 0. The molecule has 2 aliphatic rings. The zero-order valence-electron chi connectivity index (χ0n) is 20.2. The Hall–Kier alpha value is -1.80. The number of hydrogen-bond donors (Lipinski definition) is 1. The molecule has 0 unspecified atom stereocenters. The molecule has 0 radical (unpaired) electrons. The van der Waals surface area contributed by atoms with Gasteiger partial charge in [-0.2, -0.15) is 0 Å². The smallest absolute Gasteiger partial charge is 0.303 e. The lowest BCUT2D eigenvalue weighted by Gasteiger charge is -2.52. The van der Waals surface area contributed by atoms with Crippen LogP contribution in [0.4, 0.5) is 0 Å². The van der Waals surface area contributed by atoms with E-state index in [1.54, 1.807) is 6.92 Å². The number of halogens is 4. The van der Waals surface area contributed by atoms with Crippen LogP contribution in [-0.4, -0.2) is 81.6 Å². The number of esters is 3. The summed E-state index contributed by atoms with van der Waals surface area (Å²) in [5.74, 6) is -4.59. The minimum absolute atomic E-state index is 0.265. The molecule has 1 saturated heterocycles. The molecule has 1 N–H and O–H groups in total. The van der Waals surface area contributed by atoms with Crippen molar-refractivity contribution in [3.05, 3.63) is 31.2 Å². The maximum atomic E-state index is 13.7. The normalized spacial score (nSPS) is 26.7. The average molecular weight is 633 g/mol. The predicted molar refractivity (Wildman–Crippen MR) is 136 cm³/mol. The molecule has 38 heavy (non-hydrogen) atoms. The fourth-order valence-corrected chi connectivity index (χ4v) is 6.15. The van der Waals surface area contributed by atoms with E-state index in [-0.39, 0.29) is 15.8 Å². The molecule has 2 aliphatic heterocycles. The van der Waals surface area contributed by atoms with Gasteiger partial charge in [0.15, 0.2) is 17.6 Å². The van der Waals surface area contributed by atoms with Crippen LogP contribution in [0.2, 0.25) is 20.1 Å². The number of fused-ring (bicyclic) bond motifs is 1. The fraction of sp³-hybridized carbons (Fsp3) is 0.500. The molecule has 5 atom stereocenters. The van der Waals surface area contributed by atoms with Crippen molar-refractivity contribution >= 4 is 87.9 Å². The molecule has 2 amide bonds. The molecule has 2 heterocycles. The van der Waals surface area contributed by atoms with E-state index in [2.05, 4.69) is 0 Å². The SMILES string of the molecule is CCS[C@@H]1O[C@H](COC(C)=O)[C@@H](OC(C)=O)[C@H](OC(C)=O)[C@]1(O)N1C(=O)c2c(Cl)c(Cl)c(Cl)c(Cl)c2C1=O. The number of benzene rings is 1. The number of hydrogen-bond acceptors (Lipinski definition) is 11. The van der Waals surface area contributed by atoms with Crippen LogP contribution in [0.3, 0.4) is 0 Å². The van der Waals surface area contributed by atoms with Gasteiger partial charge in [-0.15, -0.1) is 11.8 Å². The fourth-order valence-electron chi connectivity index (χ4n) is 4.12. The highest BCUT2D eigenvalue weighted by atomic mass is 35.5. The number of carbonyl (C=O) groups is 5. The molecule has 1 fully saturated rings. The molecule has 1 aromatic rings. The Morgan fingerprint density at radius 1 is 0.921 bits per heavy atom. The van der Waals surface area contributed by atoms with Crippen LogP contribution in [0.25, 0.3) is 0 Å². The van der Waals surface area contributed by atoms with Gasteiger partial charge in [0.05, 0.1) is 31.2 Å². The molecule has 0 aliphatic carbocycles. The summed E-state index contributed by atoms with van der Waals surface area (Å²) >= 11 is 25.6.